The van der Waals surface area contributed by atoms with Crippen LogP contribution in [0, 0.1) is 23.7 Å². The molecular weight excluding hydrogens is 224 g/mol. The van der Waals surface area contributed by atoms with Gasteiger partial charge in [0.15, 0.2) is 0 Å². The van der Waals surface area contributed by atoms with Crippen molar-refractivity contribution < 1.29 is 0 Å². The van der Waals surface area contributed by atoms with Crippen LogP contribution in [0.5, 0.6) is 0 Å². The molecule has 1 rings (SSSR count). The van der Waals surface area contributed by atoms with E-state index >= 15 is 0 Å². The molecule has 0 N–H and O–H groups in total. The fourth-order valence-corrected chi connectivity index (χ4v) is 3.82. The summed E-state index contributed by atoms with van der Waals surface area (Å²) in [5.41, 5.74) is 0. The van der Waals surface area contributed by atoms with Crippen molar-refractivity contribution in [2.45, 2.75) is 51.8 Å². The third-order valence-electron chi connectivity index (χ3n) is 3.64. The Morgan fingerprint density at radius 3 is 1.92 bits per heavy atom. The molecule has 0 saturated heterocycles. The van der Waals surface area contributed by atoms with Crippen LogP contribution in [-0.2, 0) is 0 Å². The standard InChI is InChI=1S/C12H23Br/c1-8(2)12(13)11-9(3)6-5-7-10(11)4/h8-12H,5-7H2,1-4H3. The Hall–Kier alpha value is 0.480. The quantitative estimate of drug-likeness (QED) is 0.631. The van der Waals surface area contributed by atoms with Crippen LogP contribution >= 0.6 is 15.9 Å². The second-order valence-electron chi connectivity index (χ2n) is 5.15. The summed E-state index contributed by atoms with van der Waals surface area (Å²) in [6, 6.07) is 0. The fraction of sp³-hybridized carbons (Fsp3) is 1.00. The molecule has 78 valence electrons. The molecule has 0 aromatic heterocycles. The summed E-state index contributed by atoms with van der Waals surface area (Å²) in [6.07, 6.45) is 4.31. The van der Waals surface area contributed by atoms with Gasteiger partial charge in [0.2, 0.25) is 0 Å². The molecule has 3 unspecified atom stereocenters. The van der Waals surface area contributed by atoms with Gasteiger partial charge in [-0.25, -0.2) is 0 Å². The van der Waals surface area contributed by atoms with Crippen LogP contribution in [0.4, 0.5) is 0 Å². The normalized spacial score (nSPS) is 37.8. The molecule has 0 aliphatic heterocycles. The van der Waals surface area contributed by atoms with Crippen LogP contribution in [0.1, 0.15) is 47.0 Å². The highest BCUT2D eigenvalue weighted by Gasteiger charge is 2.33. The molecule has 0 spiro atoms. The molecule has 0 aromatic carbocycles. The zero-order valence-corrected chi connectivity index (χ0v) is 11.0. The zero-order valence-electron chi connectivity index (χ0n) is 9.39. The van der Waals surface area contributed by atoms with E-state index in [4.69, 9.17) is 0 Å². The maximum absolute atomic E-state index is 3.88. The minimum absolute atomic E-state index is 0.720. The van der Waals surface area contributed by atoms with Crippen molar-refractivity contribution in [1.29, 1.82) is 0 Å². The third kappa shape index (κ3) is 2.71. The Kier molecular flexibility index (Phi) is 4.28. The molecule has 0 amide bonds. The Morgan fingerprint density at radius 1 is 1.08 bits per heavy atom. The molecule has 0 nitrogen and oxygen atoms in total. The molecule has 0 radical (unpaired) electrons. The zero-order chi connectivity index (χ0) is 10.0. The minimum Gasteiger partial charge on any atom is -0.0885 e. The maximum atomic E-state index is 3.88. The Morgan fingerprint density at radius 2 is 1.54 bits per heavy atom. The SMILES string of the molecule is CC(C)C(Br)C1C(C)CCCC1C. The molecule has 1 fully saturated rings. The molecule has 0 heterocycles. The van der Waals surface area contributed by atoms with Crippen LogP contribution in [0.15, 0.2) is 0 Å². The first-order valence-electron chi connectivity index (χ1n) is 5.68. The Bertz CT molecular complexity index is 143. The topological polar surface area (TPSA) is 0 Å². The van der Waals surface area contributed by atoms with E-state index in [0.29, 0.717) is 0 Å². The average Bonchev–Trinajstić information content (AvgIpc) is 2.03. The van der Waals surface area contributed by atoms with E-state index in [1.54, 1.807) is 0 Å². The largest absolute Gasteiger partial charge is 0.0885 e. The monoisotopic (exact) mass is 246 g/mol. The van der Waals surface area contributed by atoms with Crippen molar-refractivity contribution >= 4 is 15.9 Å². The summed E-state index contributed by atoms with van der Waals surface area (Å²) in [4.78, 5) is 0.720. The second-order valence-corrected chi connectivity index (χ2v) is 6.21. The number of alkyl halides is 1. The summed E-state index contributed by atoms with van der Waals surface area (Å²) in [6.45, 7) is 9.51. The maximum Gasteiger partial charge on any atom is 0.0202 e. The van der Waals surface area contributed by atoms with Gasteiger partial charge in [-0.15, -0.1) is 0 Å². The van der Waals surface area contributed by atoms with Gasteiger partial charge < -0.3 is 0 Å². The van der Waals surface area contributed by atoms with Gasteiger partial charge in [-0.1, -0.05) is 62.9 Å². The second kappa shape index (κ2) is 4.82. The van der Waals surface area contributed by atoms with Gasteiger partial charge in [-0.3, -0.25) is 0 Å². The van der Waals surface area contributed by atoms with E-state index in [-0.39, 0.29) is 0 Å². The van der Waals surface area contributed by atoms with Crippen LogP contribution in [0.2, 0.25) is 0 Å². The van der Waals surface area contributed by atoms with Crippen molar-refractivity contribution in [3.05, 3.63) is 0 Å². The molecule has 3 atom stereocenters. The molecule has 1 saturated carbocycles. The summed E-state index contributed by atoms with van der Waals surface area (Å²) >= 11 is 3.88. The first-order chi connectivity index (χ1) is 6.04. The highest BCUT2D eigenvalue weighted by molar-refractivity contribution is 9.09. The van der Waals surface area contributed by atoms with E-state index in [1.807, 2.05) is 0 Å². The van der Waals surface area contributed by atoms with Gasteiger partial charge in [-0.2, -0.15) is 0 Å². The highest BCUT2D eigenvalue weighted by Crippen LogP contribution is 2.41. The van der Waals surface area contributed by atoms with Crippen LogP contribution < -0.4 is 0 Å². The number of halogens is 1. The number of hydrogen-bond acceptors (Lipinski definition) is 0. The lowest BCUT2D eigenvalue weighted by Gasteiger charge is -2.39. The molecule has 13 heavy (non-hydrogen) atoms. The lowest BCUT2D eigenvalue weighted by atomic mass is 9.70. The van der Waals surface area contributed by atoms with Gasteiger partial charge >= 0.3 is 0 Å². The van der Waals surface area contributed by atoms with Gasteiger partial charge in [0.1, 0.15) is 0 Å². The highest BCUT2D eigenvalue weighted by atomic mass is 79.9. The lowest BCUT2D eigenvalue weighted by molar-refractivity contribution is 0.161. The van der Waals surface area contributed by atoms with Gasteiger partial charge in [0, 0.05) is 4.83 Å². The third-order valence-corrected chi connectivity index (χ3v) is 5.31. The lowest BCUT2D eigenvalue weighted by Crippen LogP contribution is -2.34. The molecular formula is C12H23Br. The first kappa shape index (κ1) is 11.6. The van der Waals surface area contributed by atoms with E-state index < -0.39 is 0 Å². The summed E-state index contributed by atoms with van der Waals surface area (Å²) in [7, 11) is 0. The van der Waals surface area contributed by atoms with Crippen molar-refractivity contribution in [2.75, 3.05) is 0 Å². The van der Waals surface area contributed by atoms with Gasteiger partial charge in [0.25, 0.3) is 0 Å². The van der Waals surface area contributed by atoms with Gasteiger partial charge in [-0.05, 0) is 23.7 Å². The van der Waals surface area contributed by atoms with Crippen LogP contribution in [0.25, 0.3) is 0 Å². The predicted octanol–water partition coefficient (Wildman–Crippen LogP) is 4.48. The van der Waals surface area contributed by atoms with Crippen LogP contribution in [0.3, 0.4) is 0 Å². The minimum atomic E-state index is 0.720. The van der Waals surface area contributed by atoms with Crippen molar-refractivity contribution in [1.82, 2.24) is 0 Å². The van der Waals surface area contributed by atoms with E-state index in [0.717, 1.165) is 28.5 Å². The van der Waals surface area contributed by atoms with Crippen molar-refractivity contribution in [3.63, 3.8) is 0 Å². The molecule has 1 aliphatic rings. The predicted molar refractivity (Wildman–Crippen MR) is 63.2 cm³/mol. The Labute approximate surface area is 91.6 Å². The molecule has 0 bridgehead atoms. The van der Waals surface area contributed by atoms with E-state index in [1.165, 1.54) is 19.3 Å². The number of hydrogen-bond donors (Lipinski definition) is 0. The van der Waals surface area contributed by atoms with E-state index in [2.05, 4.69) is 43.6 Å². The van der Waals surface area contributed by atoms with Gasteiger partial charge in [0.05, 0.1) is 0 Å². The fourth-order valence-electron chi connectivity index (χ4n) is 2.78. The van der Waals surface area contributed by atoms with Crippen LogP contribution in [-0.4, -0.2) is 4.83 Å². The number of rotatable bonds is 2. The first-order valence-corrected chi connectivity index (χ1v) is 6.59. The molecule has 0 aromatic rings. The smallest absolute Gasteiger partial charge is 0.0202 e. The van der Waals surface area contributed by atoms with E-state index in [9.17, 15) is 0 Å². The van der Waals surface area contributed by atoms with Crippen molar-refractivity contribution in [2.24, 2.45) is 23.7 Å². The summed E-state index contributed by atoms with van der Waals surface area (Å²) in [5.74, 6) is 3.49. The average molecular weight is 247 g/mol. The molecule has 1 aliphatic carbocycles. The molecule has 1 heteroatoms. The Balaban J connectivity index is 2.62. The summed E-state index contributed by atoms with van der Waals surface area (Å²) < 4.78 is 0. The summed E-state index contributed by atoms with van der Waals surface area (Å²) in [5, 5.41) is 0. The van der Waals surface area contributed by atoms with Crippen molar-refractivity contribution in [3.8, 4) is 0 Å².